The third-order valence-electron chi connectivity index (χ3n) is 7.13. The molecule has 9 nitrogen and oxygen atoms in total. The predicted octanol–water partition coefficient (Wildman–Crippen LogP) is 3.83. The van der Waals surface area contributed by atoms with Crippen molar-refractivity contribution in [2.75, 3.05) is 71.8 Å². The number of ether oxygens (including phenoxy) is 2. The van der Waals surface area contributed by atoms with Gasteiger partial charge in [-0.05, 0) is 88.6 Å². The van der Waals surface area contributed by atoms with Gasteiger partial charge in [0.05, 0.1) is 24.8 Å². The van der Waals surface area contributed by atoms with Crippen molar-refractivity contribution in [1.82, 2.24) is 9.21 Å². The Hall–Kier alpha value is -2.82. The van der Waals surface area contributed by atoms with Gasteiger partial charge in [0.2, 0.25) is 15.9 Å². The van der Waals surface area contributed by atoms with Gasteiger partial charge in [-0.2, -0.15) is 0 Å². The molecule has 1 fully saturated rings. The van der Waals surface area contributed by atoms with E-state index in [0.717, 1.165) is 44.1 Å². The summed E-state index contributed by atoms with van der Waals surface area (Å²) >= 11 is 0. The van der Waals surface area contributed by atoms with Crippen LogP contribution in [0, 0.1) is 12.8 Å². The van der Waals surface area contributed by atoms with Crippen LogP contribution in [-0.4, -0.2) is 85.1 Å². The summed E-state index contributed by atoms with van der Waals surface area (Å²) in [7, 11) is 5.14. The number of hydrogen-bond donors (Lipinski definition) is 1. The minimum absolute atomic E-state index is 0.0233. The summed E-state index contributed by atoms with van der Waals surface area (Å²) < 4.78 is 38.0. The Morgan fingerprint density at radius 2 is 1.74 bits per heavy atom. The molecule has 1 N–H and O–H groups in total. The molecule has 10 heteroatoms. The van der Waals surface area contributed by atoms with E-state index in [1.165, 1.54) is 30.9 Å². The average Bonchev–Trinajstić information content (AvgIpc) is 2.90. The van der Waals surface area contributed by atoms with Crippen LogP contribution in [0.2, 0.25) is 0 Å². The molecule has 0 bridgehead atoms. The molecule has 1 aliphatic heterocycles. The summed E-state index contributed by atoms with van der Waals surface area (Å²) in [5, 5.41) is 2.87. The Labute approximate surface area is 227 Å². The van der Waals surface area contributed by atoms with Crippen molar-refractivity contribution in [1.29, 1.82) is 0 Å². The van der Waals surface area contributed by atoms with Gasteiger partial charge in [0.25, 0.3) is 0 Å². The lowest BCUT2D eigenvalue weighted by Gasteiger charge is -2.34. The molecule has 3 rings (SSSR count). The van der Waals surface area contributed by atoms with Crippen LogP contribution in [0.5, 0.6) is 11.5 Å². The number of nitrogens with zero attached hydrogens (tertiary/aromatic N) is 3. The zero-order chi connectivity index (χ0) is 27.9. The van der Waals surface area contributed by atoms with E-state index in [9.17, 15) is 13.2 Å². The molecule has 1 amide bonds. The number of aryl methyl sites for hydroxylation is 1. The zero-order valence-electron chi connectivity index (χ0n) is 23.5. The monoisotopic (exact) mass is 546 g/mol. The van der Waals surface area contributed by atoms with E-state index in [1.54, 1.807) is 26.2 Å². The minimum atomic E-state index is -3.73. The molecule has 210 valence electrons. The van der Waals surface area contributed by atoms with Crippen molar-refractivity contribution in [3.8, 4) is 11.5 Å². The van der Waals surface area contributed by atoms with Crippen molar-refractivity contribution in [2.45, 2.75) is 37.5 Å². The number of rotatable bonds is 12. The lowest BCUT2D eigenvalue weighted by molar-refractivity contribution is -0.116. The summed E-state index contributed by atoms with van der Waals surface area (Å²) in [6.07, 6.45) is 3.55. The topological polar surface area (TPSA) is 91.4 Å². The molecular weight excluding hydrogens is 504 g/mol. The van der Waals surface area contributed by atoms with Gasteiger partial charge in [-0.3, -0.25) is 4.79 Å². The van der Waals surface area contributed by atoms with Gasteiger partial charge < -0.3 is 24.6 Å². The van der Waals surface area contributed by atoms with E-state index < -0.39 is 10.0 Å². The maximum atomic E-state index is 13.0. The number of amides is 1. The van der Waals surface area contributed by atoms with Crippen LogP contribution < -0.4 is 19.7 Å². The third kappa shape index (κ3) is 7.61. The molecule has 2 aromatic carbocycles. The van der Waals surface area contributed by atoms with E-state index in [-0.39, 0.29) is 23.8 Å². The maximum absolute atomic E-state index is 13.0. The highest BCUT2D eigenvalue weighted by molar-refractivity contribution is 7.89. The third-order valence-corrected chi connectivity index (χ3v) is 9.14. The van der Waals surface area contributed by atoms with E-state index in [4.69, 9.17) is 9.47 Å². The van der Waals surface area contributed by atoms with Crippen molar-refractivity contribution in [3.63, 3.8) is 0 Å². The summed E-state index contributed by atoms with van der Waals surface area (Å²) in [4.78, 5) is 17.4. The molecule has 1 heterocycles. The lowest BCUT2D eigenvalue weighted by Crippen LogP contribution is -2.34. The standard InChI is InChI=1S/C28H42N4O5S/c1-21-19-24(36-5)8-10-27(21)38(34,35)31(4)16-14-28(33)29-23-7-9-25(26(20-23)37-6)32-17-12-22(13-18-32)11-15-30(2)3/h7-10,19-20,22H,11-18H2,1-6H3,(H,29,33). The second kappa shape index (κ2) is 13.3. The van der Waals surface area contributed by atoms with Gasteiger partial charge >= 0.3 is 0 Å². The second-order valence-electron chi connectivity index (χ2n) is 10.2. The Balaban J connectivity index is 1.56. The largest absolute Gasteiger partial charge is 0.497 e. The van der Waals surface area contributed by atoms with Crippen LogP contribution in [0.3, 0.4) is 0 Å². The molecule has 0 radical (unpaired) electrons. The van der Waals surface area contributed by atoms with Crippen molar-refractivity contribution in [3.05, 3.63) is 42.0 Å². The first-order chi connectivity index (χ1) is 18.0. The number of benzene rings is 2. The smallest absolute Gasteiger partial charge is 0.243 e. The minimum Gasteiger partial charge on any atom is -0.497 e. The number of sulfonamides is 1. The number of carbonyl (C=O) groups is 1. The number of piperidine rings is 1. The predicted molar refractivity (Wildman–Crippen MR) is 152 cm³/mol. The fourth-order valence-electron chi connectivity index (χ4n) is 4.73. The number of methoxy groups -OCH3 is 2. The number of carbonyl (C=O) groups excluding carboxylic acids is 1. The second-order valence-corrected chi connectivity index (χ2v) is 12.2. The van der Waals surface area contributed by atoms with Crippen molar-refractivity contribution in [2.24, 2.45) is 5.92 Å². The van der Waals surface area contributed by atoms with E-state index in [1.807, 2.05) is 18.2 Å². The van der Waals surface area contributed by atoms with E-state index >= 15 is 0 Å². The maximum Gasteiger partial charge on any atom is 0.243 e. The van der Waals surface area contributed by atoms with Crippen molar-refractivity contribution < 1.29 is 22.7 Å². The Bertz CT molecular complexity index is 1190. The summed E-state index contributed by atoms with van der Waals surface area (Å²) in [6.45, 7) is 4.85. The van der Waals surface area contributed by atoms with Crippen molar-refractivity contribution >= 4 is 27.3 Å². The highest BCUT2D eigenvalue weighted by atomic mass is 32.2. The highest BCUT2D eigenvalue weighted by Crippen LogP contribution is 2.34. The molecule has 0 unspecified atom stereocenters. The molecule has 0 aromatic heterocycles. The SMILES string of the molecule is COc1ccc(S(=O)(=O)N(C)CCC(=O)Nc2ccc(N3CCC(CCN(C)C)CC3)c(OC)c2)c(C)c1. The Morgan fingerprint density at radius 3 is 2.34 bits per heavy atom. The average molecular weight is 547 g/mol. The molecule has 0 aliphatic carbocycles. The Morgan fingerprint density at radius 1 is 1.03 bits per heavy atom. The highest BCUT2D eigenvalue weighted by Gasteiger charge is 2.24. The number of anilines is 2. The van der Waals surface area contributed by atoms with Crippen LogP contribution >= 0.6 is 0 Å². The first-order valence-electron chi connectivity index (χ1n) is 13.0. The van der Waals surface area contributed by atoms with Crippen LogP contribution in [0.4, 0.5) is 11.4 Å². The molecule has 2 aromatic rings. The summed E-state index contributed by atoms with van der Waals surface area (Å²) in [5.74, 6) is 1.78. The fraction of sp³-hybridized carbons (Fsp3) is 0.536. The van der Waals surface area contributed by atoms with Gasteiger partial charge in [-0.25, -0.2) is 12.7 Å². The summed E-state index contributed by atoms with van der Waals surface area (Å²) in [6, 6.07) is 10.5. The molecule has 0 spiro atoms. The van der Waals surface area contributed by atoms with Crippen LogP contribution in [-0.2, 0) is 14.8 Å². The quantitative estimate of drug-likeness (QED) is 0.433. The summed E-state index contributed by atoms with van der Waals surface area (Å²) in [5.41, 5.74) is 2.23. The Kier molecular flexibility index (Phi) is 10.4. The lowest BCUT2D eigenvalue weighted by atomic mass is 9.93. The fourth-order valence-corrected chi connectivity index (χ4v) is 6.10. The van der Waals surface area contributed by atoms with E-state index in [0.29, 0.717) is 22.7 Å². The van der Waals surface area contributed by atoms with Gasteiger partial charge in [0.15, 0.2) is 0 Å². The number of nitrogens with one attached hydrogen (secondary N) is 1. The molecular formula is C28H42N4O5S. The van der Waals surface area contributed by atoms with Gasteiger partial charge in [-0.1, -0.05) is 0 Å². The molecule has 1 saturated heterocycles. The molecule has 0 saturated carbocycles. The van der Waals surface area contributed by atoms with Gasteiger partial charge in [0, 0.05) is 44.9 Å². The van der Waals surface area contributed by atoms with E-state index in [2.05, 4.69) is 29.2 Å². The normalized spacial score (nSPS) is 14.7. The van der Waals surface area contributed by atoms with Gasteiger partial charge in [0.1, 0.15) is 11.5 Å². The van der Waals surface area contributed by atoms with Crippen LogP contribution in [0.15, 0.2) is 41.3 Å². The number of hydrogen-bond acceptors (Lipinski definition) is 7. The molecule has 38 heavy (non-hydrogen) atoms. The first-order valence-corrected chi connectivity index (χ1v) is 14.5. The molecule has 1 aliphatic rings. The zero-order valence-corrected chi connectivity index (χ0v) is 24.3. The first kappa shape index (κ1) is 29.7. The van der Waals surface area contributed by atoms with Crippen LogP contribution in [0.25, 0.3) is 0 Å². The molecule has 0 atom stereocenters. The van der Waals surface area contributed by atoms with Gasteiger partial charge in [-0.15, -0.1) is 0 Å². The van der Waals surface area contributed by atoms with Crippen LogP contribution in [0.1, 0.15) is 31.2 Å².